The second kappa shape index (κ2) is 5.95. The molecule has 0 amide bonds. The van der Waals surface area contributed by atoms with Crippen LogP contribution in [0.1, 0.15) is 5.56 Å². The Labute approximate surface area is 137 Å². The Hall–Kier alpha value is -2.10. The van der Waals surface area contributed by atoms with Crippen molar-refractivity contribution < 1.29 is 0 Å². The van der Waals surface area contributed by atoms with E-state index in [2.05, 4.69) is 5.10 Å². The van der Waals surface area contributed by atoms with Crippen LogP contribution < -0.4 is 5.56 Å². The number of hydrogen-bond donors (Lipinski definition) is 0. The van der Waals surface area contributed by atoms with Gasteiger partial charge in [-0.1, -0.05) is 35.3 Å². The molecule has 0 fully saturated rings. The van der Waals surface area contributed by atoms with Crippen LogP contribution in [0, 0.1) is 6.92 Å². The second-order valence-electron chi connectivity index (χ2n) is 4.88. The summed E-state index contributed by atoms with van der Waals surface area (Å²) in [5, 5.41) is 5.27. The summed E-state index contributed by atoms with van der Waals surface area (Å²) in [4.78, 5) is 12.0. The van der Waals surface area contributed by atoms with Crippen molar-refractivity contribution in [3.8, 4) is 16.8 Å². The average Bonchev–Trinajstić information content (AvgIpc) is 2.47. The zero-order valence-corrected chi connectivity index (χ0v) is 13.3. The zero-order valence-electron chi connectivity index (χ0n) is 11.8. The van der Waals surface area contributed by atoms with Crippen molar-refractivity contribution in [2.45, 2.75) is 6.92 Å². The Morgan fingerprint density at radius 1 is 1.00 bits per heavy atom. The summed E-state index contributed by atoms with van der Waals surface area (Å²) < 4.78 is 1.38. The molecule has 0 aliphatic carbocycles. The van der Waals surface area contributed by atoms with Gasteiger partial charge in [-0.25, -0.2) is 0 Å². The summed E-state index contributed by atoms with van der Waals surface area (Å²) in [6.45, 7) is 1.95. The molecular weight excluding hydrogens is 319 g/mol. The normalized spacial score (nSPS) is 10.7. The molecule has 1 heterocycles. The molecule has 110 valence electrons. The smallest absolute Gasteiger partial charge is 0.267 e. The summed E-state index contributed by atoms with van der Waals surface area (Å²) in [6.07, 6.45) is 1.59. The molecule has 0 aliphatic rings. The molecule has 0 radical (unpaired) electrons. The van der Waals surface area contributed by atoms with Crippen molar-refractivity contribution in [3.05, 3.63) is 80.7 Å². The molecule has 0 N–H and O–H groups in total. The Kier molecular flexibility index (Phi) is 4.01. The lowest BCUT2D eigenvalue weighted by Crippen LogP contribution is -2.20. The van der Waals surface area contributed by atoms with Crippen LogP contribution in [0.5, 0.6) is 0 Å². The monoisotopic (exact) mass is 330 g/mol. The second-order valence-corrected chi connectivity index (χ2v) is 5.75. The van der Waals surface area contributed by atoms with E-state index in [1.807, 2.05) is 37.3 Å². The highest BCUT2D eigenvalue weighted by atomic mass is 35.5. The minimum absolute atomic E-state index is 0.174. The zero-order chi connectivity index (χ0) is 15.7. The predicted molar refractivity (Wildman–Crippen MR) is 90.0 cm³/mol. The van der Waals surface area contributed by atoms with Crippen LogP contribution in [0.2, 0.25) is 10.0 Å². The number of halogens is 2. The molecule has 3 aromatic rings. The van der Waals surface area contributed by atoms with Crippen LogP contribution in [-0.4, -0.2) is 9.78 Å². The molecule has 5 heteroatoms. The van der Waals surface area contributed by atoms with Gasteiger partial charge in [-0.3, -0.25) is 4.79 Å². The number of hydrogen-bond acceptors (Lipinski definition) is 2. The van der Waals surface area contributed by atoms with Gasteiger partial charge in [0.2, 0.25) is 0 Å². The van der Waals surface area contributed by atoms with Crippen LogP contribution in [0.15, 0.2) is 59.5 Å². The fourth-order valence-corrected chi connectivity index (χ4v) is 2.94. The fourth-order valence-electron chi connectivity index (χ4n) is 2.41. The maximum Gasteiger partial charge on any atom is 0.271 e. The number of aromatic nitrogens is 2. The highest BCUT2D eigenvalue weighted by Gasteiger charge is 2.10. The van der Waals surface area contributed by atoms with Crippen molar-refractivity contribution in [1.82, 2.24) is 9.78 Å². The van der Waals surface area contributed by atoms with Gasteiger partial charge in [0, 0.05) is 22.3 Å². The molecule has 1 aromatic heterocycles. The van der Waals surface area contributed by atoms with Gasteiger partial charge in [-0.15, -0.1) is 0 Å². The number of rotatable bonds is 2. The molecule has 3 rings (SSSR count). The largest absolute Gasteiger partial charge is 0.271 e. The average molecular weight is 331 g/mol. The van der Waals surface area contributed by atoms with E-state index in [-0.39, 0.29) is 5.56 Å². The molecule has 0 spiro atoms. The fraction of sp³-hybridized carbons (Fsp3) is 0.0588. The van der Waals surface area contributed by atoms with E-state index in [1.54, 1.807) is 18.3 Å². The molecule has 0 unspecified atom stereocenters. The van der Waals surface area contributed by atoms with Crippen LogP contribution in [0.25, 0.3) is 16.8 Å². The van der Waals surface area contributed by atoms with Crippen LogP contribution in [0.4, 0.5) is 0 Å². The van der Waals surface area contributed by atoms with E-state index < -0.39 is 0 Å². The highest BCUT2D eigenvalue weighted by molar-refractivity contribution is 6.35. The van der Waals surface area contributed by atoms with Gasteiger partial charge < -0.3 is 0 Å². The molecule has 0 saturated carbocycles. The molecule has 0 bridgehead atoms. The first-order chi connectivity index (χ1) is 10.6. The lowest BCUT2D eigenvalue weighted by molar-refractivity contribution is 0.801. The van der Waals surface area contributed by atoms with E-state index in [4.69, 9.17) is 23.2 Å². The van der Waals surface area contributed by atoms with Crippen LogP contribution >= 0.6 is 23.2 Å². The van der Waals surface area contributed by atoms with E-state index in [0.717, 1.165) is 22.4 Å². The van der Waals surface area contributed by atoms with Crippen molar-refractivity contribution in [3.63, 3.8) is 0 Å². The van der Waals surface area contributed by atoms with E-state index in [0.29, 0.717) is 10.0 Å². The van der Waals surface area contributed by atoms with E-state index >= 15 is 0 Å². The van der Waals surface area contributed by atoms with Crippen LogP contribution in [-0.2, 0) is 0 Å². The van der Waals surface area contributed by atoms with Gasteiger partial charge in [0.25, 0.3) is 5.56 Å². The molecule has 0 atom stereocenters. The maximum absolute atomic E-state index is 12.0. The molecule has 0 aliphatic heterocycles. The maximum atomic E-state index is 12.0. The lowest BCUT2D eigenvalue weighted by Gasteiger charge is -2.13. The standard InChI is InChI=1S/C17H12Cl2N2O/c1-11-15(12-8-13(18)10-14(19)9-12)4-2-5-16(11)21-17(22)6-3-7-20-21/h2-10H,1H3. The van der Waals surface area contributed by atoms with Gasteiger partial charge in [0.15, 0.2) is 0 Å². The predicted octanol–water partition coefficient (Wildman–Crippen LogP) is 4.51. The topological polar surface area (TPSA) is 34.9 Å². The highest BCUT2D eigenvalue weighted by Crippen LogP contribution is 2.31. The van der Waals surface area contributed by atoms with Crippen molar-refractivity contribution >= 4 is 23.2 Å². The molecule has 0 saturated heterocycles. The quantitative estimate of drug-likeness (QED) is 0.692. The van der Waals surface area contributed by atoms with Gasteiger partial charge in [-0.05, 0) is 53.9 Å². The first-order valence-corrected chi connectivity index (χ1v) is 7.42. The number of benzene rings is 2. The summed E-state index contributed by atoms with van der Waals surface area (Å²) >= 11 is 12.2. The Morgan fingerprint density at radius 3 is 2.41 bits per heavy atom. The van der Waals surface area contributed by atoms with E-state index in [9.17, 15) is 4.79 Å². The minimum Gasteiger partial charge on any atom is -0.267 e. The Balaban J connectivity index is 2.22. The summed E-state index contributed by atoms with van der Waals surface area (Å²) in [6, 6.07) is 14.2. The summed E-state index contributed by atoms with van der Waals surface area (Å²) in [5.74, 6) is 0. The third-order valence-electron chi connectivity index (χ3n) is 3.42. The molecular formula is C17H12Cl2N2O. The first kappa shape index (κ1) is 14.8. The summed E-state index contributed by atoms with van der Waals surface area (Å²) in [7, 11) is 0. The minimum atomic E-state index is -0.174. The first-order valence-electron chi connectivity index (χ1n) is 6.67. The SMILES string of the molecule is Cc1c(-c2cc(Cl)cc(Cl)c2)cccc1-n1ncccc1=O. The van der Waals surface area contributed by atoms with Crippen molar-refractivity contribution in [2.75, 3.05) is 0 Å². The van der Waals surface area contributed by atoms with Gasteiger partial charge in [-0.2, -0.15) is 9.78 Å². The van der Waals surface area contributed by atoms with Crippen molar-refractivity contribution in [2.24, 2.45) is 0 Å². The van der Waals surface area contributed by atoms with Crippen LogP contribution in [0.3, 0.4) is 0 Å². The number of nitrogens with zero attached hydrogens (tertiary/aromatic N) is 2. The van der Waals surface area contributed by atoms with E-state index in [1.165, 1.54) is 10.7 Å². The molecule has 3 nitrogen and oxygen atoms in total. The summed E-state index contributed by atoms with van der Waals surface area (Å²) in [5.41, 5.74) is 3.35. The third kappa shape index (κ3) is 2.78. The van der Waals surface area contributed by atoms with Crippen molar-refractivity contribution in [1.29, 1.82) is 0 Å². The molecule has 22 heavy (non-hydrogen) atoms. The van der Waals surface area contributed by atoms with Gasteiger partial charge in [0.05, 0.1) is 5.69 Å². The Bertz CT molecular complexity index is 883. The van der Waals surface area contributed by atoms with Gasteiger partial charge in [0.1, 0.15) is 0 Å². The Morgan fingerprint density at radius 2 is 1.73 bits per heavy atom. The lowest BCUT2D eigenvalue weighted by atomic mass is 9.99. The molecule has 2 aromatic carbocycles. The third-order valence-corrected chi connectivity index (χ3v) is 3.86. The van der Waals surface area contributed by atoms with Gasteiger partial charge >= 0.3 is 0 Å².